The maximum atomic E-state index is 13.1. The average molecular weight is 465 g/mol. The van der Waals surface area contributed by atoms with Gasteiger partial charge in [0.2, 0.25) is 0 Å². The molecule has 0 saturated carbocycles. The number of rotatable bonds is 5. The number of thiophene rings is 1. The Labute approximate surface area is 198 Å². The maximum Gasteiger partial charge on any atom is 0.261 e. The summed E-state index contributed by atoms with van der Waals surface area (Å²) < 4.78 is 1.82. The number of nitrogens with one attached hydrogen (secondary N) is 1. The summed E-state index contributed by atoms with van der Waals surface area (Å²) in [4.78, 5) is 34.6. The summed E-state index contributed by atoms with van der Waals surface area (Å²) in [7, 11) is 0. The van der Waals surface area contributed by atoms with Crippen molar-refractivity contribution >= 4 is 28.1 Å². The van der Waals surface area contributed by atoms with Gasteiger partial charge in [0, 0.05) is 30.0 Å². The van der Waals surface area contributed by atoms with Crippen LogP contribution in [0.3, 0.4) is 0 Å². The van der Waals surface area contributed by atoms with Crippen LogP contribution >= 0.6 is 11.3 Å². The minimum absolute atomic E-state index is 0.0148. The number of hydrogen-bond acceptors (Lipinski definition) is 5. The van der Waals surface area contributed by atoms with E-state index in [2.05, 4.69) is 34.7 Å². The first-order valence-corrected chi connectivity index (χ1v) is 13.1. The first-order valence-electron chi connectivity index (χ1n) is 12.2. The highest BCUT2D eigenvalue weighted by Crippen LogP contribution is 2.29. The van der Waals surface area contributed by atoms with Crippen LogP contribution in [0.15, 0.2) is 40.5 Å². The van der Waals surface area contributed by atoms with E-state index in [1.54, 1.807) is 29.5 Å². The van der Waals surface area contributed by atoms with Gasteiger partial charge >= 0.3 is 0 Å². The van der Waals surface area contributed by atoms with Crippen molar-refractivity contribution in [3.63, 3.8) is 0 Å². The molecule has 1 N–H and O–H groups in total. The number of nitrogens with zero attached hydrogens (tertiary/aromatic N) is 3. The maximum absolute atomic E-state index is 13.1. The fourth-order valence-corrected chi connectivity index (χ4v) is 5.94. The first kappa shape index (κ1) is 22.3. The molecule has 2 aliphatic heterocycles. The van der Waals surface area contributed by atoms with Crippen molar-refractivity contribution < 1.29 is 4.79 Å². The molecule has 0 spiro atoms. The zero-order valence-corrected chi connectivity index (χ0v) is 20.1. The molecule has 6 nitrogen and oxygen atoms in total. The first-order chi connectivity index (χ1) is 16.1. The Kier molecular flexibility index (Phi) is 6.60. The molecule has 33 heavy (non-hydrogen) atoms. The van der Waals surface area contributed by atoms with E-state index in [1.165, 1.54) is 17.7 Å². The van der Waals surface area contributed by atoms with Crippen LogP contribution < -0.4 is 10.9 Å². The molecule has 2 aromatic heterocycles. The Morgan fingerprint density at radius 2 is 2.03 bits per heavy atom. The van der Waals surface area contributed by atoms with Gasteiger partial charge in [-0.05, 0) is 74.3 Å². The van der Waals surface area contributed by atoms with E-state index >= 15 is 0 Å². The number of piperidine rings is 1. The van der Waals surface area contributed by atoms with Gasteiger partial charge in [0.1, 0.15) is 5.82 Å². The van der Waals surface area contributed by atoms with Crippen LogP contribution in [0.5, 0.6) is 0 Å². The van der Waals surface area contributed by atoms with Gasteiger partial charge in [0.15, 0.2) is 0 Å². The van der Waals surface area contributed by atoms with Gasteiger partial charge in [-0.1, -0.05) is 19.4 Å². The number of carbonyl (C=O) groups is 1. The van der Waals surface area contributed by atoms with E-state index in [4.69, 9.17) is 4.98 Å². The lowest BCUT2D eigenvalue weighted by Gasteiger charge is -2.36. The summed E-state index contributed by atoms with van der Waals surface area (Å²) in [5, 5.41) is 5.86. The molecule has 174 valence electrons. The normalized spacial score (nSPS) is 18.6. The predicted octanol–water partition coefficient (Wildman–Crippen LogP) is 4.39. The van der Waals surface area contributed by atoms with E-state index < -0.39 is 0 Å². The smallest absolute Gasteiger partial charge is 0.261 e. The Bertz CT molecular complexity index is 1180. The summed E-state index contributed by atoms with van der Waals surface area (Å²) >= 11 is 1.75. The SMILES string of the molecule is CC1CCN([C@@H](CNC(=O)c2ccc3c(=O)n4c(nc3c2)CCCCC4)c2cccs2)CC1. The second-order valence-corrected chi connectivity index (χ2v) is 10.5. The summed E-state index contributed by atoms with van der Waals surface area (Å²) in [6.45, 7) is 5.76. The number of fused-ring (bicyclic) bond motifs is 2. The lowest BCUT2D eigenvalue weighted by molar-refractivity contribution is 0.0915. The molecule has 0 unspecified atom stereocenters. The molecule has 1 fully saturated rings. The van der Waals surface area contributed by atoms with E-state index in [0.717, 1.165) is 57.1 Å². The van der Waals surface area contributed by atoms with Crippen LogP contribution in [0.25, 0.3) is 10.9 Å². The van der Waals surface area contributed by atoms with E-state index in [0.29, 0.717) is 23.0 Å². The largest absolute Gasteiger partial charge is 0.350 e. The van der Waals surface area contributed by atoms with Crippen molar-refractivity contribution in [2.75, 3.05) is 19.6 Å². The van der Waals surface area contributed by atoms with Gasteiger partial charge in [0.05, 0.1) is 16.9 Å². The number of likely N-dealkylation sites (tertiary alicyclic amines) is 1. The number of amides is 1. The van der Waals surface area contributed by atoms with Crippen LogP contribution in [-0.2, 0) is 13.0 Å². The van der Waals surface area contributed by atoms with Gasteiger partial charge in [-0.3, -0.25) is 19.1 Å². The standard InChI is InChI=1S/C26H32N4O2S/c1-18-10-13-29(14-11-18)22(23-6-5-15-33-23)17-27-25(31)19-8-9-20-21(16-19)28-24-7-3-2-4-12-30(24)26(20)32/h5-6,8-9,15-16,18,22H,2-4,7,10-14,17H2,1H3,(H,27,31)/t22-/m0/s1. The monoisotopic (exact) mass is 464 g/mol. The van der Waals surface area contributed by atoms with Crippen LogP contribution in [0.4, 0.5) is 0 Å². The second-order valence-electron chi connectivity index (χ2n) is 9.49. The van der Waals surface area contributed by atoms with E-state index in [9.17, 15) is 9.59 Å². The molecule has 1 saturated heterocycles. The Morgan fingerprint density at radius 3 is 2.82 bits per heavy atom. The molecule has 2 aliphatic rings. The zero-order valence-electron chi connectivity index (χ0n) is 19.3. The Hall–Kier alpha value is -2.51. The summed E-state index contributed by atoms with van der Waals surface area (Å²) in [5.74, 6) is 1.50. The van der Waals surface area contributed by atoms with Crippen molar-refractivity contribution in [1.82, 2.24) is 19.8 Å². The molecule has 0 bridgehead atoms. The van der Waals surface area contributed by atoms with E-state index in [-0.39, 0.29) is 17.5 Å². The highest BCUT2D eigenvalue weighted by molar-refractivity contribution is 7.10. The molecule has 0 aliphatic carbocycles. The third-order valence-electron chi connectivity index (χ3n) is 7.17. The van der Waals surface area contributed by atoms with Crippen molar-refractivity contribution in [3.05, 3.63) is 62.3 Å². The highest BCUT2D eigenvalue weighted by atomic mass is 32.1. The number of aryl methyl sites for hydroxylation is 1. The van der Waals surface area contributed by atoms with Crippen molar-refractivity contribution in [2.45, 2.75) is 58.0 Å². The molecule has 1 amide bonds. The fraction of sp³-hybridized carbons (Fsp3) is 0.500. The van der Waals surface area contributed by atoms with Gasteiger partial charge in [-0.2, -0.15) is 0 Å². The zero-order chi connectivity index (χ0) is 22.8. The lowest BCUT2D eigenvalue weighted by atomic mass is 9.97. The summed E-state index contributed by atoms with van der Waals surface area (Å²) in [6.07, 6.45) is 6.41. The van der Waals surface area contributed by atoms with Crippen molar-refractivity contribution in [2.24, 2.45) is 5.92 Å². The minimum Gasteiger partial charge on any atom is -0.350 e. The topological polar surface area (TPSA) is 67.2 Å². The minimum atomic E-state index is -0.110. The molecule has 0 radical (unpaired) electrons. The molecule has 7 heteroatoms. The van der Waals surface area contributed by atoms with E-state index in [1.807, 2.05) is 4.57 Å². The molecular formula is C26H32N4O2S. The molecule has 5 rings (SSSR count). The second kappa shape index (κ2) is 9.77. The number of benzene rings is 1. The lowest BCUT2D eigenvalue weighted by Crippen LogP contribution is -2.41. The van der Waals surface area contributed by atoms with Crippen LogP contribution in [0.1, 0.15) is 66.1 Å². The van der Waals surface area contributed by atoms with Gasteiger partial charge < -0.3 is 5.32 Å². The Balaban J connectivity index is 1.35. The van der Waals surface area contributed by atoms with Gasteiger partial charge in [-0.15, -0.1) is 11.3 Å². The third kappa shape index (κ3) is 4.75. The quantitative estimate of drug-likeness (QED) is 0.608. The number of aromatic nitrogens is 2. The van der Waals surface area contributed by atoms with Gasteiger partial charge in [-0.25, -0.2) is 4.98 Å². The molecule has 3 aromatic rings. The van der Waals surface area contributed by atoms with Crippen LogP contribution in [0.2, 0.25) is 0 Å². The van der Waals surface area contributed by atoms with Gasteiger partial charge in [0.25, 0.3) is 11.5 Å². The number of carbonyl (C=O) groups excluding carboxylic acids is 1. The summed E-state index contributed by atoms with van der Waals surface area (Å²) in [6, 6.07) is 9.74. The van der Waals surface area contributed by atoms with Crippen molar-refractivity contribution in [1.29, 1.82) is 0 Å². The molecule has 4 heterocycles. The predicted molar refractivity (Wildman–Crippen MR) is 133 cm³/mol. The molecule has 1 atom stereocenters. The number of hydrogen-bond donors (Lipinski definition) is 1. The summed E-state index contributed by atoms with van der Waals surface area (Å²) in [5.41, 5.74) is 1.20. The molecular weight excluding hydrogens is 432 g/mol. The van der Waals surface area contributed by atoms with Crippen LogP contribution in [0, 0.1) is 5.92 Å². The van der Waals surface area contributed by atoms with Crippen molar-refractivity contribution in [3.8, 4) is 0 Å². The Morgan fingerprint density at radius 1 is 1.18 bits per heavy atom. The fourth-order valence-electron chi connectivity index (χ4n) is 5.08. The third-order valence-corrected chi connectivity index (χ3v) is 8.14. The highest BCUT2D eigenvalue weighted by Gasteiger charge is 2.26. The average Bonchev–Trinajstić information content (AvgIpc) is 3.25. The molecule has 1 aromatic carbocycles. The van der Waals surface area contributed by atoms with Crippen LogP contribution in [-0.4, -0.2) is 40.0 Å².